The van der Waals surface area contributed by atoms with Crippen LogP contribution in [0.4, 0.5) is 0 Å². The fraction of sp³-hybridized carbons (Fsp3) is 0.647. The molecule has 0 radical (unpaired) electrons. The maximum absolute atomic E-state index is 10.3. The van der Waals surface area contributed by atoms with Gasteiger partial charge in [-0.3, -0.25) is 0 Å². The number of likely N-dealkylation sites (tertiary alicyclic amines) is 1. The zero-order valence-corrected chi connectivity index (χ0v) is 12.5. The Kier molecular flexibility index (Phi) is 4.91. The first-order valence-corrected chi connectivity index (χ1v) is 8.13. The van der Waals surface area contributed by atoms with Crippen molar-refractivity contribution in [3.05, 3.63) is 35.4 Å². The van der Waals surface area contributed by atoms with Gasteiger partial charge in [-0.25, -0.2) is 0 Å². The third-order valence-electron chi connectivity index (χ3n) is 4.73. The molecule has 3 N–H and O–H groups in total. The summed E-state index contributed by atoms with van der Waals surface area (Å²) in [6, 6.07) is 8.24. The Hall–Kier alpha value is -0.940. The molecule has 21 heavy (non-hydrogen) atoms. The number of fused-ring (bicyclic) bond motifs is 1. The van der Waals surface area contributed by atoms with Gasteiger partial charge < -0.3 is 20.4 Å². The van der Waals surface area contributed by atoms with Crippen LogP contribution in [0.25, 0.3) is 0 Å². The van der Waals surface area contributed by atoms with E-state index in [9.17, 15) is 10.2 Å². The number of aliphatic hydroxyl groups is 2. The minimum Gasteiger partial charge on any atom is -0.391 e. The van der Waals surface area contributed by atoms with Crippen LogP contribution in [0.15, 0.2) is 24.3 Å². The zero-order valence-electron chi connectivity index (χ0n) is 12.5. The molecule has 0 bridgehead atoms. The standard InChI is InChI=1S/C17H26N2O2/c20-14(12-19-9-3-4-10-19)11-18-17-15-6-2-1-5-13(15)7-8-16(17)21/h1-2,5-6,14,16-18,20-21H,3-4,7-12H2/t14?,16-,17+/m1/s1. The highest BCUT2D eigenvalue weighted by Gasteiger charge is 2.28. The van der Waals surface area contributed by atoms with Crippen molar-refractivity contribution in [2.24, 2.45) is 0 Å². The SMILES string of the molecule is OC(CN[C@H]1c2ccccc2CC[C@H]1O)CN1CCCC1. The molecule has 2 aliphatic rings. The third kappa shape index (κ3) is 3.64. The number of hydrogen-bond acceptors (Lipinski definition) is 4. The van der Waals surface area contributed by atoms with E-state index in [1.165, 1.54) is 24.0 Å². The molecule has 1 aromatic carbocycles. The van der Waals surface area contributed by atoms with Gasteiger partial charge in [-0.05, 0) is 49.9 Å². The molecular formula is C17H26N2O2. The zero-order chi connectivity index (χ0) is 14.7. The van der Waals surface area contributed by atoms with E-state index in [0.717, 1.165) is 32.5 Å². The average Bonchev–Trinajstić information content (AvgIpc) is 2.99. The summed E-state index contributed by atoms with van der Waals surface area (Å²) in [7, 11) is 0. The number of nitrogens with one attached hydrogen (secondary N) is 1. The van der Waals surface area contributed by atoms with Crippen molar-refractivity contribution >= 4 is 0 Å². The summed E-state index contributed by atoms with van der Waals surface area (Å²) in [6.07, 6.45) is 3.48. The molecule has 1 aliphatic heterocycles. The molecule has 0 aromatic heterocycles. The molecule has 1 fully saturated rings. The molecule has 4 heteroatoms. The largest absolute Gasteiger partial charge is 0.391 e. The normalized spacial score (nSPS) is 27.5. The van der Waals surface area contributed by atoms with E-state index < -0.39 is 0 Å². The average molecular weight is 290 g/mol. The molecule has 0 saturated carbocycles. The lowest BCUT2D eigenvalue weighted by Crippen LogP contribution is -2.42. The van der Waals surface area contributed by atoms with Gasteiger partial charge in [0, 0.05) is 13.1 Å². The van der Waals surface area contributed by atoms with Crippen molar-refractivity contribution < 1.29 is 10.2 Å². The molecule has 1 aliphatic carbocycles. The van der Waals surface area contributed by atoms with Crippen LogP contribution in [-0.4, -0.2) is 53.5 Å². The summed E-state index contributed by atoms with van der Waals surface area (Å²) in [4.78, 5) is 2.32. The maximum Gasteiger partial charge on any atom is 0.0791 e. The highest BCUT2D eigenvalue weighted by atomic mass is 16.3. The molecule has 1 aromatic rings. The molecule has 0 amide bonds. The van der Waals surface area contributed by atoms with Gasteiger partial charge in [-0.15, -0.1) is 0 Å². The maximum atomic E-state index is 10.3. The number of benzene rings is 1. The van der Waals surface area contributed by atoms with Crippen LogP contribution in [0, 0.1) is 0 Å². The lowest BCUT2D eigenvalue weighted by molar-refractivity contribution is 0.0854. The second-order valence-electron chi connectivity index (χ2n) is 6.35. The third-order valence-corrected chi connectivity index (χ3v) is 4.73. The van der Waals surface area contributed by atoms with Crippen LogP contribution in [0.1, 0.15) is 36.4 Å². The summed E-state index contributed by atoms with van der Waals surface area (Å²) in [5.74, 6) is 0. The Morgan fingerprint density at radius 1 is 1.24 bits per heavy atom. The Bertz CT molecular complexity index is 460. The summed E-state index contributed by atoms with van der Waals surface area (Å²) >= 11 is 0. The number of aryl methyl sites for hydroxylation is 1. The molecule has 3 atom stereocenters. The quantitative estimate of drug-likeness (QED) is 0.759. The number of nitrogens with zero attached hydrogens (tertiary/aromatic N) is 1. The van der Waals surface area contributed by atoms with Crippen molar-refractivity contribution in [1.82, 2.24) is 10.2 Å². The second-order valence-corrected chi connectivity index (χ2v) is 6.35. The van der Waals surface area contributed by atoms with E-state index in [-0.39, 0.29) is 18.2 Å². The summed E-state index contributed by atoms with van der Waals surface area (Å²) in [5, 5.41) is 23.8. The highest BCUT2D eigenvalue weighted by Crippen LogP contribution is 2.29. The Morgan fingerprint density at radius 3 is 2.81 bits per heavy atom. The van der Waals surface area contributed by atoms with Crippen LogP contribution in [-0.2, 0) is 6.42 Å². The molecule has 0 spiro atoms. The summed E-state index contributed by atoms with van der Waals surface area (Å²) in [6.45, 7) is 3.47. The van der Waals surface area contributed by atoms with Gasteiger partial charge >= 0.3 is 0 Å². The fourth-order valence-electron chi connectivity index (χ4n) is 3.58. The lowest BCUT2D eigenvalue weighted by atomic mass is 9.85. The molecular weight excluding hydrogens is 264 g/mol. The van der Waals surface area contributed by atoms with Gasteiger partial charge in [-0.2, -0.15) is 0 Å². The van der Waals surface area contributed by atoms with Crippen LogP contribution in [0.5, 0.6) is 0 Å². The number of rotatable bonds is 5. The topological polar surface area (TPSA) is 55.7 Å². The Balaban J connectivity index is 1.56. The number of hydrogen-bond donors (Lipinski definition) is 3. The van der Waals surface area contributed by atoms with Gasteiger partial charge in [0.25, 0.3) is 0 Å². The van der Waals surface area contributed by atoms with Gasteiger partial charge in [-0.1, -0.05) is 24.3 Å². The Morgan fingerprint density at radius 2 is 2.00 bits per heavy atom. The van der Waals surface area contributed by atoms with Crippen LogP contribution in [0.2, 0.25) is 0 Å². The van der Waals surface area contributed by atoms with Crippen molar-refractivity contribution in [3.8, 4) is 0 Å². The number of β-amino-alcohol motifs (C(OH)–C–C–N with tert-alkyl or cyclic N) is 1. The van der Waals surface area contributed by atoms with E-state index in [1.807, 2.05) is 6.07 Å². The van der Waals surface area contributed by atoms with Crippen molar-refractivity contribution in [2.75, 3.05) is 26.2 Å². The molecule has 1 unspecified atom stereocenters. The van der Waals surface area contributed by atoms with E-state index in [1.54, 1.807) is 0 Å². The summed E-state index contributed by atoms with van der Waals surface area (Å²) < 4.78 is 0. The monoisotopic (exact) mass is 290 g/mol. The van der Waals surface area contributed by atoms with E-state index in [2.05, 4.69) is 28.4 Å². The predicted molar refractivity (Wildman–Crippen MR) is 83.2 cm³/mol. The summed E-state index contributed by atoms with van der Waals surface area (Å²) in [5.41, 5.74) is 2.50. The minimum absolute atomic E-state index is 0.0526. The van der Waals surface area contributed by atoms with Crippen LogP contribution < -0.4 is 5.32 Å². The van der Waals surface area contributed by atoms with E-state index in [4.69, 9.17) is 0 Å². The smallest absolute Gasteiger partial charge is 0.0791 e. The van der Waals surface area contributed by atoms with Crippen LogP contribution >= 0.6 is 0 Å². The highest BCUT2D eigenvalue weighted by molar-refractivity contribution is 5.33. The van der Waals surface area contributed by atoms with Crippen molar-refractivity contribution in [3.63, 3.8) is 0 Å². The predicted octanol–water partition coefficient (Wildman–Crippen LogP) is 1.08. The molecule has 116 valence electrons. The van der Waals surface area contributed by atoms with Crippen LogP contribution in [0.3, 0.4) is 0 Å². The first-order valence-electron chi connectivity index (χ1n) is 8.13. The fourth-order valence-corrected chi connectivity index (χ4v) is 3.58. The van der Waals surface area contributed by atoms with Gasteiger partial charge in [0.05, 0.1) is 18.2 Å². The van der Waals surface area contributed by atoms with Gasteiger partial charge in [0.15, 0.2) is 0 Å². The Labute approximate surface area is 126 Å². The minimum atomic E-state index is -0.371. The van der Waals surface area contributed by atoms with E-state index in [0.29, 0.717) is 6.54 Å². The lowest BCUT2D eigenvalue weighted by Gasteiger charge is -2.32. The van der Waals surface area contributed by atoms with Gasteiger partial charge in [0.1, 0.15) is 0 Å². The molecule has 3 rings (SSSR count). The first kappa shape index (κ1) is 15.0. The first-order chi connectivity index (χ1) is 10.2. The molecule has 1 heterocycles. The molecule has 1 saturated heterocycles. The van der Waals surface area contributed by atoms with Gasteiger partial charge in [0.2, 0.25) is 0 Å². The second kappa shape index (κ2) is 6.88. The molecule has 4 nitrogen and oxygen atoms in total. The van der Waals surface area contributed by atoms with Crippen molar-refractivity contribution in [1.29, 1.82) is 0 Å². The van der Waals surface area contributed by atoms with Crippen molar-refractivity contribution in [2.45, 2.75) is 43.9 Å². The van der Waals surface area contributed by atoms with E-state index >= 15 is 0 Å². The number of aliphatic hydroxyl groups excluding tert-OH is 2.